The summed E-state index contributed by atoms with van der Waals surface area (Å²) < 4.78 is 4.82. The molecule has 1 atom stereocenters. The molecule has 4 heteroatoms. The predicted octanol–water partition coefficient (Wildman–Crippen LogP) is 2.87. The number of likely N-dealkylation sites (N-methyl/N-ethyl adjacent to an activating group) is 1. The highest BCUT2D eigenvalue weighted by Crippen LogP contribution is 2.32. The van der Waals surface area contributed by atoms with Crippen LogP contribution in [0.1, 0.15) is 43.5 Å². The Morgan fingerprint density at radius 2 is 2.12 bits per heavy atom. The first-order chi connectivity index (χ1) is 7.90. The fourth-order valence-corrected chi connectivity index (χ4v) is 2.66. The Kier molecular flexibility index (Phi) is 4.71. The number of hydrogen-bond donors (Lipinski definition) is 1. The molecule has 0 amide bonds. The summed E-state index contributed by atoms with van der Waals surface area (Å²) >= 11 is 1.67. The molecule has 1 unspecified atom stereocenters. The Bertz CT molecular complexity index is 379. The van der Waals surface area contributed by atoms with E-state index in [0.717, 1.165) is 11.4 Å². The molecule has 0 aliphatic carbocycles. The minimum Gasteiger partial charge on any atom is -0.468 e. The molecule has 1 heterocycles. The second kappa shape index (κ2) is 5.65. The Morgan fingerprint density at radius 3 is 2.53 bits per heavy atom. The molecular weight excluding hydrogens is 234 g/mol. The summed E-state index contributed by atoms with van der Waals surface area (Å²) in [5.41, 5.74) is 0.121. The molecule has 0 fully saturated rings. The number of carbonyl (C=O) groups excluding carboxylic acids is 1. The standard InChI is InChI=1S/C13H21NO2S/c1-6-14-11(12(15)16-5)9-7-8-10(17-9)13(2,3)4/h7-8,11,14H,6H2,1-5H3. The molecule has 1 aromatic heterocycles. The highest BCUT2D eigenvalue weighted by atomic mass is 32.1. The van der Waals surface area contributed by atoms with Crippen molar-refractivity contribution in [2.75, 3.05) is 13.7 Å². The molecule has 0 saturated carbocycles. The summed E-state index contributed by atoms with van der Waals surface area (Å²) in [4.78, 5) is 14.0. The first kappa shape index (κ1) is 14.2. The lowest BCUT2D eigenvalue weighted by Gasteiger charge is -2.16. The number of carbonyl (C=O) groups is 1. The first-order valence-corrected chi connectivity index (χ1v) is 6.63. The van der Waals surface area contributed by atoms with Crippen LogP contribution in [0.2, 0.25) is 0 Å². The van der Waals surface area contributed by atoms with Crippen molar-refractivity contribution in [1.29, 1.82) is 0 Å². The number of hydrogen-bond acceptors (Lipinski definition) is 4. The molecule has 17 heavy (non-hydrogen) atoms. The SMILES string of the molecule is CCNC(C(=O)OC)c1ccc(C(C)(C)C)s1. The lowest BCUT2D eigenvalue weighted by Crippen LogP contribution is -2.28. The van der Waals surface area contributed by atoms with Crippen LogP contribution >= 0.6 is 11.3 Å². The largest absolute Gasteiger partial charge is 0.468 e. The van der Waals surface area contributed by atoms with Crippen LogP contribution in [0.3, 0.4) is 0 Å². The van der Waals surface area contributed by atoms with E-state index >= 15 is 0 Å². The summed E-state index contributed by atoms with van der Waals surface area (Å²) in [5, 5.41) is 3.15. The van der Waals surface area contributed by atoms with E-state index in [0.29, 0.717) is 0 Å². The van der Waals surface area contributed by atoms with Crippen LogP contribution in [0.25, 0.3) is 0 Å². The van der Waals surface area contributed by atoms with Gasteiger partial charge in [0.2, 0.25) is 0 Å². The van der Waals surface area contributed by atoms with Crippen LogP contribution in [0.15, 0.2) is 12.1 Å². The zero-order valence-corrected chi connectivity index (χ0v) is 12.0. The molecular formula is C13H21NO2S. The normalized spacial score (nSPS) is 13.5. The average Bonchev–Trinajstić information content (AvgIpc) is 2.73. The molecule has 0 radical (unpaired) electrons. The highest BCUT2D eigenvalue weighted by molar-refractivity contribution is 7.12. The third kappa shape index (κ3) is 3.54. The van der Waals surface area contributed by atoms with E-state index in [1.54, 1.807) is 11.3 Å². The molecule has 0 aromatic carbocycles. The van der Waals surface area contributed by atoms with Crippen LogP contribution in [-0.4, -0.2) is 19.6 Å². The first-order valence-electron chi connectivity index (χ1n) is 5.81. The zero-order chi connectivity index (χ0) is 13.1. The Hall–Kier alpha value is -0.870. The van der Waals surface area contributed by atoms with Gasteiger partial charge in [0, 0.05) is 9.75 Å². The minimum absolute atomic E-state index is 0.121. The molecule has 0 aliphatic heterocycles. The Morgan fingerprint density at radius 1 is 1.47 bits per heavy atom. The van der Waals surface area contributed by atoms with Gasteiger partial charge in [0.1, 0.15) is 6.04 Å². The van der Waals surface area contributed by atoms with Crippen LogP contribution in [0.4, 0.5) is 0 Å². The molecule has 96 valence electrons. The smallest absolute Gasteiger partial charge is 0.328 e. The number of ether oxygens (including phenoxy) is 1. The molecule has 0 saturated heterocycles. The molecule has 0 bridgehead atoms. The van der Waals surface area contributed by atoms with Crippen molar-refractivity contribution in [3.05, 3.63) is 21.9 Å². The van der Waals surface area contributed by atoms with Crippen molar-refractivity contribution >= 4 is 17.3 Å². The van der Waals surface area contributed by atoms with E-state index in [-0.39, 0.29) is 17.4 Å². The molecule has 1 aromatic rings. The van der Waals surface area contributed by atoms with Gasteiger partial charge in [-0.2, -0.15) is 0 Å². The van der Waals surface area contributed by atoms with Crippen LogP contribution in [-0.2, 0) is 14.9 Å². The third-order valence-electron chi connectivity index (χ3n) is 2.50. The maximum atomic E-state index is 11.7. The van der Waals surface area contributed by atoms with Crippen molar-refractivity contribution in [3.8, 4) is 0 Å². The molecule has 1 N–H and O–H groups in total. The molecule has 0 aliphatic rings. The maximum absolute atomic E-state index is 11.7. The van der Waals surface area contributed by atoms with Crippen LogP contribution in [0.5, 0.6) is 0 Å². The highest BCUT2D eigenvalue weighted by Gasteiger charge is 2.24. The van der Waals surface area contributed by atoms with Gasteiger partial charge in [-0.15, -0.1) is 11.3 Å². The summed E-state index contributed by atoms with van der Waals surface area (Å²) in [6.45, 7) is 9.23. The predicted molar refractivity (Wildman–Crippen MR) is 71.5 cm³/mol. The number of esters is 1. The average molecular weight is 255 g/mol. The van der Waals surface area contributed by atoms with Gasteiger partial charge in [0.05, 0.1) is 7.11 Å². The van der Waals surface area contributed by atoms with Gasteiger partial charge in [-0.05, 0) is 24.1 Å². The third-order valence-corrected chi connectivity index (χ3v) is 4.07. The van der Waals surface area contributed by atoms with E-state index in [1.165, 1.54) is 12.0 Å². The van der Waals surface area contributed by atoms with Crippen LogP contribution in [0, 0.1) is 0 Å². The zero-order valence-electron chi connectivity index (χ0n) is 11.2. The van der Waals surface area contributed by atoms with Crippen molar-refractivity contribution < 1.29 is 9.53 Å². The number of methoxy groups -OCH3 is 1. The topological polar surface area (TPSA) is 38.3 Å². The summed E-state index contributed by atoms with van der Waals surface area (Å²) in [6.07, 6.45) is 0. The molecule has 0 spiro atoms. The van der Waals surface area contributed by atoms with Gasteiger partial charge in [-0.25, -0.2) is 4.79 Å². The maximum Gasteiger partial charge on any atom is 0.328 e. The fourth-order valence-electron chi connectivity index (χ4n) is 1.53. The van der Waals surface area contributed by atoms with Crippen molar-refractivity contribution in [1.82, 2.24) is 5.32 Å². The molecule has 3 nitrogen and oxygen atoms in total. The fraction of sp³-hybridized carbons (Fsp3) is 0.615. The van der Waals surface area contributed by atoms with Gasteiger partial charge in [0.25, 0.3) is 0 Å². The second-order valence-corrected chi connectivity index (χ2v) is 6.08. The summed E-state index contributed by atoms with van der Waals surface area (Å²) in [5.74, 6) is -0.228. The number of thiophene rings is 1. The van der Waals surface area contributed by atoms with Gasteiger partial charge in [-0.1, -0.05) is 27.7 Å². The number of rotatable bonds is 4. The van der Waals surface area contributed by atoms with E-state index in [1.807, 2.05) is 13.0 Å². The van der Waals surface area contributed by atoms with Crippen LogP contribution < -0.4 is 5.32 Å². The quantitative estimate of drug-likeness (QED) is 0.841. The van der Waals surface area contributed by atoms with Gasteiger partial charge in [0.15, 0.2) is 0 Å². The summed E-state index contributed by atoms with van der Waals surface area (Å²) in [7, 11) is 1.42. The van der Waals surface area contributed by atoms with E-state index in [4.69, 9.17) is 4.74 Å². The Balaban J connectivity index is 2.96. The van der Waals surface area contributed by atoms with Crippen molar-refractivity contribution in [3.63, 3.8) is 0 Å². The van der Waals surface area contributed by atoms with E-state index < -0.39 is 0 Å². The lowest BCUT2D eigenvalue weighted by molar-refractivity contribution is -0.143. The molecule has 1 rings (SSSR count). The summed E-state index contributed by atoms with van der Waals surface area (Å²) in [6, 6.07) is 3.76. The lowest BCUT2D eigenvalue weighted by atomic mass is 9.95. The van der Waals surface area contributed by atoms with Crippen molar-refractivity contribution in [2.24, 2.45) is 0 Å². The van der Waals surface area contributed by atoms with Gasteiger partial charge < -0.3 is 10.1 Å². The monoisotopic (exact) mass is 255 g/mol. The van der Waals surface area contributed by atoms with E-state index in [9.17, 15) is 4.79 Å². The van der Waals surface area contributed by atoms with Gasteiger partial charge in [-0.3, -0.25) is 0 Å². The van der Waals surface area contributed by atoms with Crippen molar-refractivity contribution in [2.45, 2.75) is 39.2 Å². The van der Waals surface area contributed by atoms with Gasteiger partial charge >= 0.3 is 5.97 Å². The Labute approximate surface area is 107 Å². The van der Waals surface area contributed by atoms with E-state index in [2.05, 4.69) is 32.2 Å². The number of nitrogens with one attached hydrogen (secondary N) is 1. The minimum atomic E-state index is -0.342. The second-order valence-electron chi connectivity index (χ2n) is 4.97.